The zero-order valence-corrected chi connectivity index (χ0v) is 13.3. The van der Waals surface area contributed by atoms with Gasteiger partial charge < -0.3 is 10.0 Å². The molecule has 1 rings (SSSR count). The van der Waals surface area contributed by atoms with Crippen molar-refractivity contribution in [3.8, 4) is 0 Å². The van der Waals surface area contributed by atoms with Gasteiger partial charge in [0.1, 0.15) is 0 Å². The first-order valence-electron chi connectivity index (χ1n) is 7.75. The van der Waals surface area contributed by atoms with Crippen molar-refractivity contribution in [2.75, 3.05) is 6.54 Å². The summed E-state index contributed by atoms with van der Waals surface area (Å²) >= 11 is 0. The molecule has 0 spiro atoms. The van der Waals surface area contributed by atoms with E-state index < -0.39 is 5.97 Å². The Labute approximate surface area is 122 Å². The predicted molar refractivity (Wildman–Crippen MR) is 79.5 cm³/mol. The van der Waals surface area contributed by atoms with Crippen LogP contribution in [0.4, 0.5) is 0 Å². The van der Waals surface area contributed by atoms with Crippen LogP contribution >= 0.6 is 0 Å². The minimum absolute atomic E-state index is 0.0258. The van der Waals surface area contributed by atoms with Crippen LogP contribution in [0.3, 0.4) is 0 Å². The molecule has 1 fully saturated rings. The molecule has 0 aromatic rings. The summed E-state index contributed by atoms with van der Waals surface area (Å²) in [6, 6.07) is 0.0635. The lowest BCUT2D eigenvalue weighted by molar-refractivity contribution is -0.140. The average Bonchev–Trinajstić information content (AvgIpc) is 2.31. The fourth-order valence-corrected chi connectivity index (χ4v) is 3.16. The number of carbonyl (C=O) groups is 2. The molecule has 4 nitrogen and oxygen atoms in total. The summed E-state index contributed by atoms with van der Waals surface area (Å²) in [6.45, 7) is 8.72. The van der Waals surface area contributed by atoms with Crippen LogP contribution < -0.4 is 0 Å². The second-order valence-corrected chi connectivity index (χ2v) is 6.96. The van der Waals surface area contributed by atoms with Crippen LogP contribution in [0, 0.1) is 11.3 Å². The number of nitrogens with zero attached hydrogens (tertiary/aromatic N) is 1. The molecule has 116 valence electrons. The first-order valence-corrected chi connectivity index (χ1v) is 7.75. The van der Waals surface area contributed by atoms with Crippen LogP contribution in [0.1, 0.15) is 66.2 Å². The maximum Gasteiger partial charge on any atom is 0.305 e. The number of hydrogen-bond donors (Lipinski definition) is 1. The SMILES string of the molecule is CC(C)N(CCC(=O)O)C(=O)CC1CCCCC1(C)C. The van der Waals surface area contributed by atoms with E-state index in [1.807, 2.05) is 13.8 Å². The quantitative estimate of drug-likeness (QED) is 0.813. The van der Waals surface area contributed by atoms with Crippen molar-refractivity contribution >= 4 is 11.9 Å². The number of carboxylic acid groups (broad SMARTS) is 1. The molecule has 0 heterocycles. The topological polar surface area (TPSA) is 57.6 Å². The molecule has 0 saturated heterocycles. The summed E-state index contributed by atoms with van der Waals surface area (Å²) in [4.78, 5) is 24.9. The minimum Gasteiger partial charge on any atom is -0.481 e. The third-order valence-electron chi connectivity index (χ3n) is 4.66. The van der Waals surface area contributed by atoms with Crippen LogP contribution in [0.15, 0.2) is 0 Å². The summed E-state index contributed by atoms with van der Waals surface area (Å²) in [5, 5.41) is 8.79. The van der Waals surface area contributed by atoms with Crippen molar-refractivity contribution in [2.24, 2.45) is 11.3 Å². The number of amides is 1. The third-order valence-corrected chi connectivity index (χ3v) is 4.66. The van der Waals surface area contributed by atoms with Gasteiger partial charge >= 0.3 is 5.97 Å². The highest BCUT2D eigenvalue weighted by molar-refractivity contribution is 5.77. The van der Waals surface area contributed by atoms with E-state index in [0.717, 1.165) is 6.42 Å². The van der Waals surface area contributed by atoms with Gasteiger partial charge in [0.05, 0.1) is 6.42 Å². The highest BCUT2D eigenvalue weighted by atomic mass is 16.4. The van der Waals surface area contributed by atoms with Crippen molar-refractivity contribution in [3.63, 3.8) is 0 Å². The maximum absolute atomic E-state index is 12.5. The molecule has 0 aliphatic heterocycles. The van der Waals surface area contributed by atoms with Gasteiger partial charge in [0.25, 0.3) is 0 Å². The third kappa shape index (κ3) is 4.80. The first-order chi connectivity index (χ1) is 9.24. The fraction of sp³-hybridized carbons (Fsp3) is 0.875. The molecular formula is C16H29NO3. The van der Waals surface area contributed by atoms with E-state index in [1.165, 1.54) is 19.3 Å². The number of carboxylic acids is 1. The van der Waals surface area contributed by atoms with Gasteiger partial charge in [0.2, 0.25) is 5.91 Å². The molecule has 1 atom stereocenters. The van der Waals surface area contributed by atoms with Gasteiger partial charge in [0, 0.05) is 19.0 Å². The number of hydrogen-bond acceptors (Lipinski definition) is 2. The maximum atomic E-state index is 12.5. The molecule has 1 aliphatic rings. The minimum atomic E-state index is -0.846. The van der Waals surface area contributed by atoms with Crippen molar-refractivity contribution in [2.45, 2.75) is 72.3 Å². The normalized spacial score (nSPS) is 21.8. The van der Waals surface area contributed by atoms with Crippen LogP contribution in [-0.2, 0) is 9.59 Å². The average molecular weight is 283 g/mol. The molecule has 1 unspecified atom stereocenters. The molecule has 0 radical (unpaired) electrons. The van der Waals surface area contributed by atoms with Gasteiger partial charge in [-0.2, -0.15) is 0 Å². The van der Waals surface area contributed by atoms with E-state index in [-0.39, 0.29) is 23.8 Å². The number of rotatable bonds is 6. The zero-order chi connectivity index (χ0) is 15.3. The lowest BCUT2D eigenvalue weighted by Gasteiger charge is -2.39. The Morgan fingerprint density at radius 2 is 1.95 bits per heavy atom. The van der Waals surface area contributed by atoms with Crippen LogP contribution in [-0.4, -0.2) is 34.5 Å². The summed E-state index contributed by atoms with van der Waals surface area (Å²) in [6.07, 6.45) is 5.34. The molecule has 1 amide bonds. The van der Waals surface area contributed by atoms with Gasteiger partial charge in [-0.05, 0) is 38.0 Å². The van der Waals surface area contributed by atoms with Crippen LogP contribution in [0.25, 0.3) is 0 Å². The molecule has 1 aliphatic carbocycles. The van der Waals surface area contributed by atoms with E-state index in [0.29, 0.717) is 18.9 Å². The molecule has 1 N–H and O–H groups in total. The molecule has 0 aromatic heterocycles. The van der Waals surface area contributed by atoms with Gasteiger partial charge in [-0.3, -0.25) is 9.59 Å². The Morgan fingerprint density at radius 1 is 1.30 bits per heavy atom. The Kier molecular flexibility index (Phi) is 6.03. The Balaban J connectivity index is 2.63. The second kappa shape index (κ2) is 7.09. The summed E-state index contributed by atoms with van der Waals surface area (Å²) in [5.74, 6) is -0.308. The van der Waals surface area contributed by atoms with Crippen molar-refractivity contribution < 1.29 is 14.7 Å². The lowest BCUT2D eigenvalue weighted by Crippen LogP contribution is -2.41. The van der Waals surface area contributed by atoms with Crippen LogP contribution in [0.2, 0.25) is 0 Å². The monoisotopic (exact) mass is 283 g/mol. The van der Waals surface area contributed by atoms with E-state index in [2.05, 4.69) is 13.8 Å². The number of carbonyl (C=O) groups excluding carboxylic acids is 1. The largest absolute Gasteiger partial charge is 0.481 e. The molecule has 20 heavy (non-hydrogen) atoms. The number of aliphatic carboxylic acids is 1. The fourth-order valence-electron chi connectivity index (χ4n) is 3.16. The van der Waals surface area contributed by atoms with E-state index in [4.69, 9.17) is 5.11 Å². The van der Waals surface area contributed by atoms with Crippen molar-refractivity contribution in [1.82, 2.24) is 4.90 Å². The highest BCUT2D eigenvalue weighted by Crippen LogP contribution is 2.42. The first kappa shape index (κ1) is 17.0. The van der Waals surface area contributed by atoms with E-state index in [9.17, 15) is 9.59 Å². The molecule has 1 saturated carbocycles. The van der Waals surface area contributed by atoms with Crippen molar-refractivity contribution in [3.05, 3.63) is 0 Å². The second-order valence-electron chi connectivity index (χ2n) is 6.96. The molecule has 0 aromatic carbocycles. The summed E-state index contributed by atoms with van der Waals surface area (Å²) < 4.78 is 0. The Bertz CT molecular complexity index is 350. The summed E-state index contributed by atoms with van der Waals surface area (Å²) in [7, 11) is 0. The zero-order valence-electron chi connectivity index (χ0n) is 13.3. The summed E-state index contributed by atoms with van der Waals surface area (Å²) in [5.41, 5.74) is 0.226. The molecular weight excluding hydrogens is 254 g/mol. The Morgan fingerprint density at radius 3 is 2.45 bits per heavy atom. The molecule has 0 bridgehead atoms. The van der Waals surface area contributed by atoms with Gasteiger partial charge in [-0.15, -0.1) is 0 Å². The molecule has 4 heteroatoms. The van der Waals surface area contributed by atoms with E-state index in [1.54, 1.807) is 4.90 Å². The van der Waals surface area contributed by atoms with Gasteiger partial charge in [0.15, 0.2) is 0 Å². The van der Waals surface area contributed by atoms with Gasteiger partial charge in [-0.1, -0.05) is 26.7 Å². The predicted octanol–water partition coefficient (Wildman–Crippen LogP) is 3.30. The highest BCUT2D eigenvalue weighted by Gasteiger charge is 2.34. The standard InChI is InChI=1S/C16H29NO3/c1-12(2)17(10-8-15(19)20)14(18)11-13-7-5-6-9-16(13,3)4/h12-13H,5-11H2,1-4H3,(H,19,20). The van der Waals surface area contributed by atoms with Gasteiger partial charge in [-0.25, -0.2) is 0 Å². The van der Waals surface area contributed by atoms with Crippen LogP contribution in [0.5, 0.6) is 0 Å². The van der Waals surface area contributed by atoms with Crippen molar-refractivity contribution in [1.29, 1.82) is 0 Å². The smallest absolute Gasteiger partial charge is 0.305 e. The Hall–Kier alpha value is -1.06. The van der Waals surface area contributed by atoms with E-state index >= 15 is 0 Å². The lowest BCUT2D eigenvalue weighted by atomic mass is 9.67.